The first-order valence-electron chi connectivity index (χ1n) is 6.29. The molecule has 0 aliphatic carbocycles. The van der Waals surface area contributed by atoms with Crippen molar-refractivity contribution in [3.63, 3.8) is 0 Å². The number of amides is 2. The zero-order chi connectivity index (χ0) is 14.1. The van der Waals surface area contributed by atoms with Crippen molar-refractivity contribution in [2.75, 3.05) is 16.8 Å². The van der Waals surface area contributed by atoms with Gasteiger partial charge < -0.3 is 10.4 Å². The second kappa shape index (κ2) is 5.17. The lowest BCUT2D eigenvalue weighted by atomic mass is 10.1. The Hall–Kier alpha value is -2.01. The molecule has 20 heavy (non-hydrogen) atoms. The van der Waals surface area contributed by atoms with Gasteiger partial charge in [0.15, 0.2) is 0 Å². The molecule has 0 fully saturated rings. The van der Waals surface area contributed by atoms with E-state index in [1.807, 2.05) is 30.3 Å². The number of urea groups is 1. The minimum atomic E-state index is -0.184. The minimum absolute atomic E-state index is 0.173. The van der Waals surface area contributed by atoms with Gasteiger partial charge in [0.05, 0.1) is 5.69 Å². The maximum Gasteiger partial charge on any atom is 0.326 e. The molecular formula is C15H13BrN2O2. The third kappa shape index (κ3) is 2.49. The quantitative estimate of drug-likeness (QED) is 0.835. The maximum atomic E-state index is 12.3. The predicted molar refractivity (Wildman–Crippen MR) is 82.3 cm³/mol. The summed E-state index contributed by atoms with van der Waals surface area (Å²) in [6.07, 6.45) is 0.809. The van der Waals surface area contributed by atoms with Crippen molar-refractivity contribution >= 4 is 33.3 Å². The third-order valence-corrected chi connectivity index (χ3v) is 3.83. The minimum Gasteiger partial charge on any atom is -0.508 e. The summed E-state index contributed by atoms with van der Waals surface area (Å²) in [5.41, 5.74) is 2.60. The number of phenols is 1. The number of aromatic hydroxyl groups is 1. The van der Waals surface area contributed by atoms with Gasteiger partial charge in [-0.15, -0.1) is 0 Å². The van der Waals surface area contributed by atoms with Gasteiger partial charge in [-0.3, -0.25) is 4.90 Å². The van der Waals surface area contributed by atoms with Gasteiger partial charge in [0.25, 0.3) is 0 Å². The van der Waals surface area contributed by atoms with Crippen LogP contribution in [-0.2, 0) is 6.42 Å². The van der Waals surface area contributed by atoms with Gasteiger partial charge in [-0.25, -0.2) is 4.79 Å². The van der Waals surface area contributed by atoms with E-state index in [2.05, 4.69) is 21.2 Å². The second-order valence-electron chi connectivity index (χ2n) is 4.65. The van der Waals surface area contributed by atoms with Crippen LogP contribution in [-0.4, -0.2) is 17.7 Å². The van der Waals surface area contributed by atoms with E-state index in [4.69, 9.17) is 0 Å². The molecular weight excluding hydrogens is 320 g/mol. The van der Waals surface area contributed by atoms with Gasteiger partial charge in [-0.05, 0) is 42.3 Å². The largest absolute Gasteiger partial charge is 0.508 e. The molecule has 5 heteroatoms. The van der Waals surface area contributed by atoms with Gasteiger partial charge in [0.1, 0.15) is 5.75 Å². The molecule has 0 bridgehead atoms. The molecule has 102 valence electrons. The number of rotatable bonds is 1. The molecule has 3 rings (SSSR count). The highest BCUT2D eigenvalue weighted by Gasteiger charge is 2.24. The van der Waals surface area contributed by atoms with Crippen molar-refractivity contribution in [1.82, 2.24) is 0 Å². The summed E-state index contributed by atoms with van der Waals surface area (Å²) >= 11 is 3.36. The van der Waals surface area contributed by atoms with E-state index >= 15 is 0 Å². The molecule has 1 heterocycles. The molecule has 0 saturated carbocycles. The molecule has 0 atom stereocenters. The lowest BCUT2D eigenvalue weighted by Gasteiger charge is -2.18. The van der Waals surface area contributed by atoms with Crippen molar-refractivity contribution in [1.29, 1.82) is 0 Å². The smallest absolute Gasteiger partial charge is 0.326 e. The summed E-state index contributed by atoms with van der Waals surface area (Å²) in [6.45, 7) is 0.626. The van der Waals surface area contributed by atoms with E-state index in [9.17, 15) is 9.90 Å². The van der Waals surface area contributed by atoms with E-state index in [0.717, 1.165) is 27.8 Å². The molecule has 4 nitrogen and oxygen atoms in total. The van der Waals surface area contributed by atoms with Crippen LogP contribution in [0.25, 0.3) is 0 Å². The van der Waals surface area contributed by atoms with Gasteiger partial charge in [0.2, 0.25) is 0 Å². The summed E-state index contributed by atoms with van der Waals surface area (Å²) in [6, 6.07) is 12.4. The van der Waals surface area contributed by atoms with Crippen molar-refractivity contribution in [3.8, 4) is 5.75 Å². The number of carbonyl (C=O) groups excluding carboxylic acids is 1. The Morgan fingerprint density at radius 1 is 1.20 bits per heavy atom. The lowest BCUT2D eigenvalue weighted by molar-refractivity contribution is 0.257. The number of carbonyl (C=O) groups is 1. The van der Waals surface area contributed by atoms with Crippen LogP contribution in [0.2, 0.25) is 0 Å². The SMILES string of the molecule is O=C(Nc1ccc(Br)cc1)N1CCc2ccc(O)cc21. The fourth-order valence-corrected chi connectivity index (χ4v) is 2.57. The summed E-state index contributed by atoms with van der Waals surface area (Å²) in [7, 11) is 0. The highest BCUT2D eigenvalue weighted by Crippen LogP contribution is 2.31. The summed E-state index contributed by atoms with van der Waals surface area (Å²) in [5, 5.41) is 12.4. The van der Waals surface area contributed by atoms with Crippen LogP contribution < -0.4 is 10.2 Å². The Kier molecular flexibility index (Phi) is 3.36. The number of anilines is 2. The first-order chi connectivity index (χ1) is 9.63. The standard InChI is InChI=1S/C15H13BrN2O2/c16-11-2-4-12(5-3-11)17-15(20)18-8-7-10-1-6-13(19)9-14(10)18/h1-6,9,19H,7-8H2,(H,17,20). The predicted octanol–water partition coefficient (Wildman–Crippen LogP) is 3.75. The molecule has 1 aliphatic rings. The first kappa shape index (κ1) is 13.0. The topological polar surface area (TPSA) is 52.6 Å². The van der Waals surface area contributed by atoms with Gasteiger partial charge >= 0.3 is 6.03 Å². The highest BCUT2D eigenvalue weighted by atomic mass is 79.9. The van der Waals surface area contributed by atoms with E-state index < -0.39 is 0 Å². The maximum absolute atomic E-state index is 12.3. The molecule has 2 N–H and O–H groups in total. The van der Waals surface area contributed by atoms with E-state index in [-0.39, 0.29) is 11.8 Å². The molecule has 2 aromatic carbocycles. The molecule has 1 aliphatic heterocycles. The molecule has 0 unspecified atom stereocenters. The lowest BCUT2D eigenvalue weighted by Crippen LogP contribution is -2.33. The number of hydrogen-bond donors (Lipinski definition) is 2. The van der Waals surface area contributed by atoms with E-state index in [1.165, 1.54) is 0 Å². The zero-order valence-electron chi connectivity index (χ0n) is 10.6. The van der Waals surface area contributed by atoms with Crippen LogP contribution in [0.3, 0.4) is 0 Å². The number of fused-ring (bicyclic) bond motifs is 1. The van der Waals surface area contributed by atoms with E-state index in [0.29, 0.717) is 6.54 Å². The Labute approximate surface area is 125 Å². The Morgan fingerprint density at radius 3 is 2.70 bits per heavy atom. The van der Waals surface area contributed by atoms with Crippen molar-refractivity contribution in [3.05, 3.63) is 52.5 Å². The van der Waals surface area contributed by atoms with Crippen LogP contribution >= 0.6 is 15.9 Å². The summed E-state index contributed by atoms with van der Waals surface area (Å²) in [5.74, 6) is 0.173. The van der Waals surface area contributed by atoms with E-state index in [1.54, 1.807) is 17.0 Å². The Balaban J connectivity index is 1.80. The number of benzene rings is 2. The highest BCUT2D eigenvalue weighted by molar-refractivity contribution is 9.10. The molecule has 2 amide bonds. The fourth-order valence-electron chi connectivity index (χ4n) is 2.30. The molecule has 0 spiro atoms. The molecule has 0 aromatic heterocycles. The number of hydrogen-bond acceptors (Lipinski definition) is 2. The van der Waals surface area contributed by atoms with Gasteiger partial charge in [0, 0.05) is 22.8 Å². The molecule has 0 saturated heterocycles. The van der Waals surface area contributed by atoms with Crippen LogP contribution in [0.1, 0.15) is 5.56 Å². The Morgan fingerprint density at radius 2 is 1.95 bits per heavy atom. The van der Waals surface area contributed by atoms with Crippen LogP contribution in [0, 0.1) is 0 Å². The average molecular weight is 333 g/mol. The number of halogens is 1. The monoisotopic (exact) mass is 332 g/mol. The summed E-state index contributed by atoms with van der Waals surface area (Å²) < 4.78 is 0.965. The summed E-state index contributed by atoms with van der Waals surface area (Å²) in [4.78, 5) is 13.9. The first-order valence-corrected chi connectivity index (χ1v) is 7.09. The second-order valence-corrected chi connectivity index (χ2v) is 5.57. The zero-order valence-corrected chi connectivity index (χ0v) is 12.2. The molecule has 2 aromatic rings. The van der Waals surface area contributed by atoms with Crippen LogP contribution in [0.15, 0.2) is 46.9 Å². The average Bonchev–Trinajstić information content (AvgIpc) is 2.84. The van der Waals surface area contributed by atoms with Crippen molar-refractivity contribution in [2.24, 2.45) is 0 Å². The van der Waals surface area contributed by atoms with Crippen molar-refractivity contribution < 1.29 is 9.90 Å². The van der Waals surface area contributed by atoms with Gasteiger partial charge in [-0.1, -0.05) is 22.0 Å². The Bertz CT molecular complexity index is 655. The van der Waals surface area contributed by atoms with Crippen molar-refractivity contribution in [2.45, 2.75) is 6.42 Å². The van der Waals surface area contributed by atoms with Gasteiger partial charge in [-0.2, -0.15) is 0 Å². The normalized spacial score (nSPS) is 13.2. The number of nitrogens with zero attached hydrogens (tertiary/aromatic N) is 1. The van der Waals surface area contributed by atoms with Crippen LogP contribution in [0.5, 0.6) is 5.75 Å². The van der Waals surface area contributed by atoms with Crippen LogP contribution in [0.4, 0.5) is 16.2 Å². The third-order valence-electron chi connectivity index (χ3n) is 3.31. The number of phenolic OH excluding ortho intramolecular Hbond substituents is 1. The molecule has 0 radical (unpaired) electrons. The fraction of sp³-hybridized carbons (Fsp3) is 0.133. The number of nitrogens with one attached hydrogen (secondary N) is 1.